The Bertz CT molecular complexity index is 4910. The van der Waals surface area contributed by atoms with Crippen molar-refractivity contribution in [1.82, 2.24) is 8.80 Å². The van der Waals surface area contributed by atoms with Gasteiger partial charge in [-0.3, -0.25) is 0 Å². The summed E-state index contributed by atoms with van der Waals surface area (Å²) in [5.41, 5.74) is 23.4. The maximum atomic E-state index is 2.63. The SMILES string of the molecule is c1ccc(-c2ccccc2N(c2ccccc2)c2cccc3c2c2cccc4c5c(-c6ccccc6)c6c(c(-c7ccccc7)c5n3c24)c2cccc3c4c(N(c5ccccc5)c5ccccc5-c5ccccc5)cccc4n6c32)cc1. The van der Waals surface area contributed by atoms with Crippen LogP contribution in [0.1, 0.15) is 0 Å². The summed E-state index contributed by atoms with van der Waals surface area (Å²) in [6.45, 7) is 0. The van der Waals surface area contributed by atoms with Gasteiger partial charge in [-0.15, -0.1) is 0 Å². The minimum Gasteiger partial charge on any atom is -0.309 e. The summed E-state index contributed by atoms with van der Waals surface area (Å²) in [7, 11) is 0. The van der Waals surface area contributed by atoms with E-state index in [1.165, 1.54) is 110 Å². The van der Waals surface area contributed by atoms with Gasteiger partial charge in [-0.25, -0.2) is 0 Å². The molecule has 4 aromatic heterocycles. The summed E-state index contributed by atoms with van der Waals surface area (Å²) in [6.07, 6.45) is 0. The first-order chi connectivity index (χ1) is 40.8. The van der Waals surface area contributed by atoms with E-state index in [4.69, 9.17) is 0 Å². The lowest BCUT2D eigenvalue weighted by Crippen LogP contribution is -2.11. The van der Waals surface area contributed by atoms with E-state index in [0.29, 0.717) is 0 Å². The molecule has 17 rings (SSSR count). The molecule has 0 aliphatic rings. The van der Waals surface area contributed by atoms with Crippen LogP contribution in [-0.4, -0.2) is 8.80 Å². The summed E-state index contributed by atoms with van der Waals surface area (Å²) in [5.74, 6) is 0. The molecule has 13 aromatic carbocycles. The van der Waals surface area contributed by atoms with Crippen LogP contribution >= 0.6 is 0 Å². The highest BCUT2D eigenvalue weighted by Gasteiger charge is 2.33. The van der Waals surface area contributed by atoms with Crippen molar-refractivity contribution in [2.75, 3.05) is 9.80 Å². The second-order valence-electron chi connectivity index (χ2n) is 21.5. The highest BCUT2D eigenvalue weighted by Crippen LogP contribution is 2.56. The lowest BCUT2D eigenvalue weighted by Gasteiger charge is -2.28. The Kier molecular flexibility index (Phi) is 10.3. The quantitative estimate of drug-likeness (QED) is 0.136. The standard InChI is InChI=1S/C78H50N4/c1-7-27-51(28-8-1)57-39-19-21-45-63(57)79(55-35-15-5-16-36-55)65-47-25-49-67-71(65)59-41-23-43-61-73-70(54-33-13-4-14-34-54)78-74(69(53-31-11-3-12-32-53)77(73)81(67)75(59)61)62-44-24-42-60-72-66(48-26-50-68(72)82(78)76(60)62)80(56-37-17-6-18-38-56)64-46-22-20-40-58(64)52-29-9-2-10-30-52/h1-50H. The Hall–Kier alpha value is -10.9. The summed E-state index contributed by atoms with van der Waals surface area (Å²) in [5, 5.41) is 9.78. The number of benzene rings is 13. The van der Waals surface area contributed by atoms with Gasteiger partial charge in [-0.1, -0.05) is 243 Å². The van der Waals surface area contributed by atoms with Crippen molar-refractivity contribution < 1.29 is 0 Å². The van der Waals surface area contributed by atoms with E-state index in [1.807, 2.05) is 0 Å². The lowest BCUT2D eigenvalue weighted by molar-refractivity contribution is 1.29. The molecule has 0 spiro atoms. The molecule has 0 N–H and O–H groups in total. The molecule has 0 amide bonds. The molecule has 0 radical (unpaired) electrons. The molecule has 0 saturated heterocycles. The third kappa shape index (κ3) is 6.67. The van der Waals surface area contributed by atoms with Gasteiger partial charge in [0.15, 0.2) is 0 Å². The molecular weight excluding hydrogens is 993 g/mol. The van der Waals surface area contributed by atoms with Crippen LogP contribution < -0.4 is 9.80 Å². The monoisotopic (exact) mass is 1040 g/mol. The van der Waals surface area contributed by atoms with Crippen LogP contribution in [0.2, 0.25) is 0 Å². The Labute approximate surface area is 474 Å². The van der Waals surface area contributed by atoms with Crippen molar-refractivity contribution in [3.05, 3.63) is 303 Å². The molecule has 0 fully saturated rings. The molecule has 82 heavy (non-hydrogen) atoms. The first kappa shape index (κ1) is 46.0. The molecule has 382 valence electrons. The lowest BCUT2D eigenvalue weighted by atomic mass is 9.89. The Morgan fingerprint density at radius 2 is 0.500 bits per heavy atom. The van der Waals surface area contributed by atoms with Gasteiger partial charge in [-0.2, -0.15) is 0 Å². The Balaban J connectivity index is 1.03. The fourth-order valence-electron chi connectivity index (χ4n) is 13.9. The third-order valence-electron chi connectivity index (χ3n) is 17.1. The maximum absolute atomic E-state index is 2.63. The minimum absolute atomic E-state index is 1.10. The number of fused-ring (bicyclic) bond motifs is 12. The molecule has 0 unspecified atom stereocenters. The highest BCUT2D eigenvalue weighted by molar-refractivity contribution is 6.39. The van der Waals surface area contributed by atoms with Gasteiger partial charge in [0.1, 0.15) is 0 Å². The van der Waals surface area contributed by atoms with Crippen molar-refractivity contribution >= 4 is 110 Å². The van der Waals surface area contributed by atoms with E-state index in [0.717, 1.165) is 45.2 Å². The van der Waals surface area contributed by atoms with E-state index in [2.05, 4.69) is 322 Å². The average molecular weight is 1040 g/mol. The first-order valence-corrected chi connectivity index (χ1v) is 28.3. The zero-order chi connectivity index (χ0) is 53.8. The van der Waals surface area contributed by atoms with Crippen LogP contribution in [0.25, 0.3) is 121 Å². The molecule has 4 nitrogen and oxygen atoms in total. The summed E-state index contributed by atoms with van der Waals surface area (Å²) in [4.78, 5) is 4.96. The highest BCUT2D eigenvalue weighted by atomic mass is 15.2. The van der Waals surface area contributed by atoms with Crippen molar-refractivity contribution in [3.8, 4) is 44.5 Å². The molecular formula is C78H50N4. The summed E-state index contributed by atoms with van der Waals surface area (Å²) in [6, 6.07) is 111. The molecule has 0 saturated carbocycles. The van der Waals surface area contributed by atoms with Gasteiger partial charge in [0.2, 0.25) is 0 Å². The fraction of sp³-hybridized carbons (Fsp3) is 0. The van der Waals surface area contributed by atoms with Crippen LogP contribution in [0.4, 0.5) is 34.1 Å². The maximum Gasteiger partial charge on any atom is 0.0634 e. The fourth-order valence-corrected chi connectivity index (χ4v) is 13.9. The molecule has 4 heteroatoms. The van der Waals surface area contributed by atoms with Crippen LogP contribution in [-0.2, 0) is 0 Å². The number of hydrogen-bond donors (Lipinski definition) is 0. The number of para-hydroxylation sites is 6. The molecule has 0 aliphatic heterocycles. The van der Waals surface area contributed by atoms with Crippen molar-refractivity contribution in [2.45, 2.75) is 0 Å². The van der Waals surface area contributed by atoms with Crippen molar-refractivity contribution in [1.29, 1.82) is 0 Å². The molecule has 0 atom stereocenters. The van der Waals surface area contributed by atoms with Gasteiger partial charge >= 0.3 is 0 Å². The molecule has 0 bridgehead atoms. The first-order valence-electron chi connectivity index (χ1n) is 28.3. The van der Waals surface area contributed by atoms with E-state index >= 15 is 0 Å². The second-order valence-corrected chi connectivity index (χ2v) is 21.5. The Morgan fingerprint density at radius 1 is 0.207 bits per heavy atom. The normalized spacial score (nSPS) is 11.9. The van der Waals surface area contributed by atoms with E-state index in [-0.39, 0.29) is 0 Å². The number of hydrogen-bond acceptors (Lipinski definition) is 2. The van der Waals surface area contributed by atoms with E-state index in [1.54, 1.807) is 0 Å². The van der Waals surface area contributed by atoms with Crippen LogP contribution in [0.3, 0.4) is 0 Å². The van der Waals surface area contributed by atoms with E-state index in [9.17, 15) is 0 Å². The topological polar surface area (TPSA) is 15.3 Å². The number of aromatic nitrogens is 2. The minimum atomic E-state index is 1.10. The summed E-state index contributed by atoms with van der Waals surface area (Å²) < 4.78 is 5.26. The predicted octanol–water partition coefficient (Wildman–Crippen LogP) is 21.6. The van der Waals surface area contributed by atoms with Crippen molar-refractivity contribution in [2.24, 2.45) is 0 Å². The van der Waals surface area contributed by atoms with Crippen LogP contribution in [0.15, 0.2) is 303 Å². The van der Waals surface area contributed by atoms with Crippen LogP contribution in [0.5, 0.6) is 0 Å². The molecule has 0 aliphatic carbocycles. The Morgan fingerprint density at radius 3 is 0.878 bits per heavy atom. The zero-order valence-electron chi connectivity index (χ0n) is 44.7. The van der Waals surface area contributed by atoms with Gasteiger partial charge in [0, 0.05) is 76.7 Å². The van der Waals surface area contributed by atoms with Crippen LogP contribution in [0, 0.1) is 0 Å². The summed E-state index contributed by atoms with van der Waals surface area (Å²) >= 11 is 0. The largest absolute Gasteiger partial charge is 0.309 e. The zero-order valence-corrected chi connectivity index (χ0v) is 44.7. The molecule has 4 heterocycles. The number of rotatable bonds is 10. The predicted molar refractivity (Wildman–Crippen MR) is 347 cm³/mol. The second kappa shape index (κ2) is 18.3. The average Bonchev–Trinajstić information content (AvgIpc) is 1.70. The van der Waals surface area contributed by atoms with Gasteiger partial charge in [0.05, 0.1) is 55.8 Å². The molecule has 17 aromatic rings. The van der Waals surface area contributed by atoms with Gasteiger partial charge < -0.3 is 18.6 Å². The number of anilines is 6. The van der Waals surface area contributed by atoms with Gasteiger partial charge in [0.25, 0.3) is 0 Å². The smallest absolute Gasteiger partial charge is 0.0634 e. The third-order valence-corrected chi connectivity index (χ3v) is 17.1. The van der Waals surface area contributed by atoms with Gasteiger partial charge in [-0.05, 0) is 82.9 Å². The van der Waals surface area contributed by atoms with E-state index < -0.39 is 0 Å². The number of nitrogens with zero attached hydrogens (tertiary/aromatic N) is 4. The van der Waals surface area contributed by atoms with Crippen molar-refractivity contribution in [3.63, 3.8) is 0 Å².